The van der Waals surface area contributed by atoms with Crippen molar-refractivity contribution in [3.8, 4) is 0 Å². The first-order valence-electron chi connectivity index (χ1n) is 7.17. The van der Waals surface area contributed by atoms with Crippen LogP contribution in [0, 0.1) is 5.41 Å². The number of fused-ring (bicyclic) bond motifs is 1. The summed E-state index contributed by atoms with van der Waals surface area (Å²) < 4.78 is 0. The number of aromatic nitrogens is 2. The summed E-state index contributed by atoms with van der Waals surface area (Å²) in [4.78, 5) is 11.0. The molecule has 1 fully saturated rings. The van der Waals surface area contributed by atoms with Gasteiger partial charge in [0.1, 0.15) is 10.6 Å². The van der Waals surface area contributed by atoms with Gasteiger partial charge in [0.15, 0.2) is 0 Å². The number of aryl methyl sites for hydroxylation is 1. The predicted octanol–water partition coefficient (Wildman–Crippen LogP) is 2.11. The molecule has 2 unspecified atom stereocenters. The number of nitrogens with zero attached hydrogens (tertiary/aromatic N) is 2. The van der Waals surface area contributed by atoms with Crippen molar-refractivity contribution in [1.29, 1.82) is 0 Å². The maximum Gasteiger partial charge on any atom is 0.240 e. The van der Waals surface area contributed by atoms with Gasteiger partial charge in [0, 0.05) is 16.3 Å². The molecule has 21 heavy (non-hydrogen) atoms. The number of nitrogen functional groups attached to an aromatic ring is 1. The Morgan fingerprint density at radius 1 is 1.48 bits per heavy atom. The average Bonchev–Trinajstić information content (AvgIpc) is 2.89. The van der Waals surface area contributed by atoms with E-state index in [1.807, 2.05) is 0 Å². The lowest BCUT2D eigenvalue weighted by molar-refractivity contribution is -0.0511. The number of thiophene rings is 1. The number of aliphatic hydroxyl groups is 1. The number of hydrogen-bond donors (Lipinski definition) is 4. The first-order valence-corrected chi connectivity index (χ1v) is 7.99. The fourth-order valence-corrected chi connectivity index (χ4v) is 3.60. The van der Waals surface area contributed by atoms with E-state index >= 15 is 0 Å². The van der Waals surface area contributed by atoms with Crippen LogP contribution in [0.25, 0.3) is 10.2 Å². The average molecular weight is 307 g/mol. The van der Waals surface area contributed by atoms with E-state index in [4.69, 9.17) is 5.84 Å². The zero-order chi connectivity index (χ0) is 15.2. The number of aliphatic hydroxyl groups excluding tert-OH is 1. The third kappa shape index (κ3) is 2.35. The van der Waals surface area contributed by atoms with Crippen LogP contribution >= 0.6 is 11.3 Å². The van der Waals surface area contributed by atoms with Crippen LogP contribution in [0.2, 0.25) is 0 Å². The number of rotatable bonds is 4. The van der Waals surface area contributed by atoms with Gasteiger partial charge >= 0.3 is 0 Å². The molecular formula is C14H21N5OS. The molecule has 0 saturated heterocycles. The minimum absolute atomic E-state index is 0.156. The summed E-state index contributed by atoms with van der Waals surface area (Å²) in [5, 5.41) is 14.4. The van der Waals surface area contributed by atoms with Crippen molar-refractivity contribution in [3.05, 3.63) is 10.9 Å². The zero-order valence-electron chi connectivity index (χ0n) is 12.5. The van der Waals surface area contributed by atoms with Gasteiger partial charge in [0.2, 0.25) is 5.95 Å². The Balaban J connectivity index is 1.98. The molecule has 1 aliphatic carbocycles. The lowest BCUT2D eigenvalue weighted by Gasteiger charge is -2.49. The molecule has 1 saturated carbocycles. The smallest absolute Gasteiger partial charge is 0.240 e. The SMILES string of the molecule is CCc1cc2c(NC3CC(O)C3(C)C)nc(NN)nc2s1. The predicted molar refractivity (Wildman–Crippen MR) is 86.4 cm³/mol. The molecule has 7 heteroatoms. The molecule has 114 valence electrons. The Kier molecular flexibility index (Phi) is 3.51. The van der Waals surface area contributed by atoms with Crippen LogP contribution in [0.4, 0.5) is 11.8 Å². The van der Waals surface area contributed by atoms with Crippen molar-refractivity contribution in [2.24, 2.45) is 11.3 Å². The van der Waals surface area contributed by atoms with Crippen LogP contribution in [-0.4, -0.2) is 27.2 Å². The number of hydrazine groups is 1. The Bertz CT molecular complexity index is 669. The van der Waals surface area contributed by atoms with Crippen molar-refractivity contribution < 1.29 is 5.11 Å². The molecule has 3 rings (SSSR count). The van der Waals surface area contributed by atoms with E-state index in [1.165, 1.54) is 4.88 Å². The van der Waals surface area contributed by atoms with Gasteiger partial charge in [-0.3, -0.25) is 5.43 Å². The molecule has 6 nitrogen and oxygen atoms in total. The Hall–Kier alpha value is -1.44. The number of nitrogens with one attached hydrogen (secondary N) is 2. The highest BCUT2D eigenvalue weighted by Crippen LogP contribution is 2.43. The maximum absolute atomic E-state index is 9.88. The Labute approximate surface area is 127 Å². The summed E-state index contributed by atoms with van der Waals surface area (Å²) in [6, 6.07) is 2.33. The highest BCUT2D eigenvalue weighted by Gasteiger charge is 2.47. The van der Waals surface area contributed by atoms with Gasteiger partial charge in [0.25, 0.3) is 0 Å². The minimum Gasteiger partial charge on any atom is -0.392 e. The topological polar surface area (TPSA) is 96.1 Å². The fraction of sp³-hybridized carbons (Fsp3) is 0.571. The Morgan fingerprint density at radius 2 is 2.24 bits per heavy atom. The summed E-state index contributed by atoms with van der Waals surface area (Å²) in [5.41, 5.74) is 2.37. The molecule has 2 aromatic heterocycles. The van der Waals surface area contributed by atoms with Crippen molar-refractivity contribution in [3.63, 3.8) is 0 Å². The minimum atomic E-state index is -0.270. The molecule has 0 radical (unpaired) electrons. The summed E-state index contributed by atoms with van der Waals surface area (Å²) in [7, 11) is 0. The molecule has 5 N–H and O–H groups in total. The second-order valence-corrected chi connectivity index (χ2v) is 7.21. The van der Waals surface area contributed by atoms with Gasteiger partial charge < -0.3 is 10.4 Å². The normalized spacial score (nSPS) is 23.9. The van der Waals surface area contributed by atoms with E-state index in [1.54, 1.807) is 11.3 Å². The molecule has 0 aliphatic heterocycles. The Morgan fingerprint density at radius 3 is 2.81 bits per heavy atom. The highest BCUT2D eigenvalue weighted by atomic mass is 32.1. The van der Waals surface area contributed by atoms with Gasteiger partial charge in [-0.2, -0.15) is 4.98 Å². The molecule has 2 atom stereocenters. The first kappa shape index (κ1) is 14.5. The molecule has 2 aromatic rings. The van der Waals surface area contributed by atoms with E-state index in [-0.39, 0.29) is 17.6 Å². The molecular weight excluding hydrogens is 286 g/mol. The van der Waals surface area contributed by atoms with E-state index in [2.05, 4.69) is 47.5 Å². The first-order chi connectivity index (χ1) is 9.95. The number of hydrogen-bond acceptors (Lipinski definition) is 7. The zero-order valence-corrected chi connectivity index (χ0v) is 13.3. The van der Waals surface area contributed by atoms with Crippen LogP contribution in [0.15, 0.2) is 6.07 Å². The quantitative estimate of drug-likeness (QED) is 0.510. The summed E-state index contributed by atoms with van der Waals surface area (Å²) in [6.07, 6.45) is 1.43. The van der Waals surface area contributed by atoms with Crippen LogP contribution in [0.3, 0.4) is 0 Å². The number of nitrogens with two attached hydrogens (primary N) is 1. The van der Waals surface area contributed by atoms with Gasteiger partial charge in [-0.1, -0.05) is 20.8 Å². The lowest BCUT2D eigenvalue weighted by atomic mass is 9.64. The van der Waals surface area contributed by atoms with Crippen LogP contribution in [-0.2, 0) is 6.42 Å². The third-order valence-electron chi connectivity index (χ3n) is 4.45. The van der Waals surface area contributed by atoms with Gasteiger partial charge in [-0.05, 0) is 18.9 Å². The molecule has 0 spiro atoms. The van der Waals surface area contributed by atoms with Crippen molar-refractivity contribution in [2.75, 3.05) is 10.7 Å². The standard InChI is InChI=1S/C14H21N5OS/c1-4-7-5-8-11(16-9-6-10(20)14(9,2)3)17-13(19-15)18-12(8)21-7/h5,9-10,20H,4,6,15H2,1-3H3,(H2,16,17,18,19). The molecule has 0 bridgehead atoms. The van der Waals surface area contributed by atoms with Crippen molar-refractivity contribution in [2.45, 2.75) is 45.8 Å². The van der Waals surface area contributed by atoms with E-state index in [0.29, 0.717) is 5.95 Å². The third-order valence-corrected chi connectivity index (χ3v) is 5.62. The van der Waals surface area contributed by atoms with Crippen molar-refractivity contribution in [1.82, 2.24) is 9.97 Å². The van der Waals surface area contributed by atoms with E-state index in [0.717, 1.165) is 28.9 Å². The second-order valence-electron chi connectivity index (χ2n) is 6.10. The maximum atomic E-state index is 9.88. The lowest BCUT2D eigenvalue weighted by Crippen LogP contribution is -2.57. The molecule has 1 aliphatic rings. The highest BCUT2D eigenvalue weighted by molar-refractivity contribution is 7.18. The van der Waals surface area contributed by atoms with Crippen molar-refractivity contribution >= 4 is 33.3 Å². The number of anilines is 2. The molecule has 2 heterocycles. The van der Waals surface area contributed by atoms with E-state index < -0.39 is 0 Å². The van der Waals surface area contributed by atoms with Crippen LogP contribution < -0.4 is 16.6 Å². The second kappa shape index (κ2) is 5.08. The molecule has 0 aromatic carbocycles. The molecule has 0 amide bonds. The summed E-state index contributed by atoms with van der Waals surface area (Å²) in [5.74, 6) is 6.66. The van der Waals surface area contributed by atoms with Gasteiger partial charge in [0.05, 0.1) is 11.5 Å². The van der Waals surface area contributed by atoms with E-state index in [9.17, 15) is 5.11 Å². The summed E-state index contributed by atoms with van der Waals surface area (Å²) in [6.45, 7) is 6.24. The fourth-order valence-electron chi connectivity index (χ4n) is 2.63. The largest absolute Gasteiger partial charge is 0.392 e. The van der Waals surface area contributed by atoms with Gasteiger partial charge in [-0.15, -0.1) is 11.3 Å². The monoisotopic (exact) mass is 307 g/mol. The van der Waals surface area contributed by atoms with Crippen LogP contribution in [0.1, 0.15) is 32.1 Å². The van der Waals surface area contributed by atoms with Gasteiger partial charge in [-0.25, -0.2) is 10.8 Å². The van der Waals surface area contributed by atoms with Crippen LogP contribution in [0.5, 0.6) is 0 Å². The summed E-state index contributed by atoms with van der Waals surface area (Å²) >= 11 is 1.66.